The quantitative estimate of drug-likeness (QED) is 0.291. The number of phenolic OH excluding ortho intramolecular Hbond substituents is 1. The first-order valence-corrected chi connectivity index (χ1v) is 13.0. The molecule has 2 aromatic heterocycles. The van der Waals surface area contributed by atoms with Gasteiger partial charge >= 0.3 is 5.69 Å². The van der Waals surface area contributed by atoms with Gasteiger partial charge in [0.2, 0.25) is 0 Å². The maximum Gasteiger partial charge on any atom is 0.332 e. The van der Waals surface area contributed by atoms with Crippen LogP contribution in [0.25, 0.3) is 27.9 Å². The second-order valence-corrected chi connectivity index (χ2v) is 9.75. The highest BCUT2D eigenvalue weighted by atomic mass is 35.5. The molecule has 2 heterocycles. The van der Waals surface area contributed by atoms with Crippen molar-refractivity contribution in [3.05, 3.63) is 82.0 Å². The van der Waals surface area contributed by atoms with Gasteiger partial charge in [-0.25, -0.2) is 9.18 Å². The molecule has 1 unspecified atom stereocenters. The number of phenols is 1. The minimum atomic E-state index is -0.519. The summed E-state index contributed by atoms with van der Waals surface area (Å²) in [5.74, 6) is -0.619. The Hall–Kier alpha value is -3.62. The van der Waals surface area contributed by atoms with Gasteiger partial charge in [0.15, 0.2) is 0 Å². The first-order valence-electron chi connectivity index (χ1n) is 12.6. The van der Waals surface area contributed by atoms with Crippen LogP contribution < -0.4 is 10.6 Å². The van der Waals surface area contributed by atoms with Crippen LogP contribution in [0.2, 0.25) is 5.02 Å². The zero-order valence-corrected chi connectivity index (χ0v) is 22.7. The molecule has 0 fully saturated rings. The number of aliphatic hydroxyl groups excluding tert-OH is 1. The summed E-state index contributed by atoms with van der Waals surface area (Å²) in [7, 11) is 1.65. The standard InChI is InChI=1S/C29H32ClFN4O3/c1-5-25-27(34(6-2)10-9-18(3)36)14-20(17-32-25)23-16-21(31)15-22(28(23)37)19-7-8-26(24(30)13-19)35-12-11-33(4)29(35)38/h7-8,11-18,36-37H,5-6,9-10H2,1-4H3. The summed E-state index contributed by atoms with van der Waals surface area (Å²) in [6.45, 7) is 7.15. The highest BCUT2D eigenvalue weighted by Crippen LogP contribution is 2.41. The van der Waals surface area contributed by atoms with E-state index in [1.165, 1.54) is 21.3 Å². The maximum atomic E-state index is 14.9. The molecule has 0 bridgehead atoms. The van der Waals surface area contributed by atoms with Crippen molar-refractivity contribution in [3.63, 3.8) is 0 Å². The molecule has 2 aromatic carbocycles. The molecule has 4 rings (SSSR count). The summed E-state index contributed by atoms with van der Waals surface area (Å²) in [4.78, 5) is 19.1. The SMILES string of the molecule is CCc1ncc(-c2cc(F)cc(-c3ccc(-n4ccn(C)c4=O)c(Cl)c3)c2O)cc1N(CC)CCC(C)O. The molecule has 1 atom stereocenters. The average molecular weight is 539 g/mol. The summed E-state index contributed by atoms with van der Waals surface area (Å²) < 4.78 is 17.8. The van der Waals surface area contributed by atoms with Crippen LogP contribution in [0.4, 0.5) is 10.1 Å². The summed E-state index contributed by atoms with van der Waals surface area (Å²) >= 11 is 6.52. The Morgan fingerprint density at radius 1 is 1.11 bits per heavy atom. The summed E-state index contributed by atoms with van der Waals surface area (Å²) in [5.41, 5.74) is 3.67. The number of benzene rings is 2. The van der Waals surface area contributed by atoms with Crippen LogP contribution >= 0.6 is 11.6 Å². The van der Waals surface area contributed by atoms with Gasteiger partial charge in [0, 0.05) is 55.4 Å². The van der Waals surface area contributed by atoms with E-state index in [-0.39, 0.29) is 22.0 Å². The van der Waals surface area contributed by atoms with Gasteiger partial charge in [-0.2, -0.15) is 0 Å². The molecule has 0 spiro atoms. The van der Waals surface area contributed by atoms with Crippen LogP contribution in [0.15, 0.2) is 59.8 Å². The van der Waals surface area contributed by atoms with Gasteiger partial charge in [-0.05, 0) is 62.6 Å². The zero-order chi connectivity index (χ0) is 27.6. The summed E-state index contributed by atoms with van der Waals surface area (Å²) in [5, 5.41) is 21.4. The van der Waals surface area contributed by atoms with Gasteiger partial charge in [0.05, 0.1) is 28.2 Å². The van der Waals surface area contributed by atoms with Gasteiger partial charge in [0.1, 0.15) is 11.6 Å². The lowest BCUT2D eigenvalue weighted by atomic mass is 9.97. The van der Waals surface area contributed by atoms with E-state index in [0.717, 1.165) is 11.4 Å². The van der Waals surface area contributed by atoms with Gasteiger partial charge in [0.25, 0.3) is 0 Å². The molecule has 4 aromatic rings. The fraction of sp³-hybridized carbons (Fsp3) is 0.310. The van der Waals surface area contributed by atoms with Gasteiger partial charge in [-0.3, -0.25) is 9.55 Å². The molecular weight excluding hydrogens is 507 g/mol. The number of aromatic nitrogens is 3. The van der Waals surface area contributed by atoms with Crippen molar-refractivity contribution in [2.24, 2.45) is 7.05 Å². The number of anilines is 1. The number of rotatable bonds is 9. The third kappa shape index (κ3) is 5.47. The lowest BCUT2D eigenvalue weighted by Crippen LogP contribution is -2.27. The van der Waals surface area contributed by atoms with Gasteiger partial charge < -0.3 is 19.7 Å². The minimum absolute atomic E-state index is 0.101. The van der Waals surface area contributed by atoms with E-state index in [4.69, 9.17) is 11.6 Å². The lowest BCUT2D eigenvalue weighted by molar-refractivity contribution is 0.186. The van der Waals surface area contributed by atoms with Crippen LogP contribution in [0.3, 0.4) is 0 Å². The number of aryl methyl sites for hydroxylation is 2. The molecule has 0 aliphatic heterocycles. The fourth-order valence-corrected chi connectivity index (χ4v) is 4.79. The number of halogens is 2. The normalized spacial score (nSPS) is 12.1. The minimum Gasteiger partial charge on any atom is -0.507 e. The Morgan fingerprint density at radius 3 is 2.39 bits per heavy atom. The summed E-state index contributed by atoms with van der Waals surface area (Å²) in [6, 6.07) is 9.42. The van der Waals surface area contributed by atoms with Crippen molar-refractivity contribution in [1.82, 2.24) is 14.1 Å². The van der Waals surface area contributed by atoms with Crippen molar-refractivity contribution in [2.45, 2.75) is 39.7 Å². The molecule has 0 aliphatic carbocycles. The van der Waals surface area contributed by atoms with E-state index in [9.17, 15) is 19.4 Å². The number of hydrogen-bond donors (Lipinski definition) is 2. The number of aromatic hydroxyl groups is 1. The number of imidazole rings is 1. The largest absolute Gasteiger partial charge is 0.507 e. The molecule has 0 amide bonds. The Kier molecular flexibility index (Phi) is 8.23. The van der Waals surface area contributed by atoms with E-state index >= 15 is 0 Å². The second kappa shape index (κ2) is 11.4. The molecule has 2 N–H and O–H groups in total. The van der Waals surface area contributed by atoms with Crippen molar-refractivity contribution < 1.29 is 14.6 Å². The number of aliphatic hydroxyl groups is 1. The van der Waals surface area contributed by atoms with E-state index in [1.807, 2.05) is 19.9 Å². The first-order chi connectivity index (χ1) is 18.1. The molecular formula is C29H32ClFN4O3. The molecule has 200 valence electrons. The third-order valence-corrected chi connectivity index (χ3v) is 6.98. The molecule has 0 saturated heterocycles. The molecule has 0 aliphatic rings. The van der Waals surface area contributed by atoms with Crippen LogP contribution in [0.1, 0.15) is 32.9 Å². The lowest BCUT2D eigenvalue weighted by Gasteiger charge is -2.26. The van der Waals surface area contributed by atoms with Crippen LogP contribution in [-0.4, -0.2) is 43.5 Å². The average Bonchev–Trinajstić information content (AvgIpc) is 3.22. The Balaban J connectivity index is 1.78. The Labute approximate surface area is 226 Å². The van der Waals surface area contributed by atoms with Crippen molar-refractivity contribution in [1.29, 1.82) is 0 Å². The Bertz CT molecular complexity index is 1510. The first kappa shape index (κ1) is 27.4. The molecule has 0 saturated carbocycles. The van der Waals surface area contributed by atoms with E-state index in [1.54, 1.807) is 50.8 Å². The van der Waals surface area contributed by atoms with Crippen LogP contribution in [0.5, 0.6) is 5.75 Å². The zero-order valence-electron chi connectivity index (χ0n) is 21.9. The molecule has 9 heteroatoms. The molecule has 0 radical (unpaired) electrons. The van der Waals surface area contributed by atoms with Crippen molar-refractivity contribution in [2.75, 3.05) is 18.0 Å². The predicted octanol–water partition coefficient (Wildman–Crippen LogP) is 5.56. The Morgan fingerprint density at radius 2 is 1.82 bits per heavy atom. The highest BCUT2D eigenvalue weighted by Gasteiger charge is 2.19. The van der Waals surface area contributed by atoms with Crippen LogP contribution in [0, 0.1) is 5.82 Å². The van der Waals surface area contributed by atoms with E-state index < -0.39 is 11.9 Å². The second-order valence-electron chi connectivity index (χ2n) is 9.34. The van der Waals surface area contributed by atoms with Crippen molar-refractivity contribution >= 4 is 17.3 Å². The topological polar surface area (TPSA) is 83.5 Å². The predicted molar refractivity (Wildman–Crippen MR) is 150 cm³/mol. The van der Waals surface area contributed by atoms with Gasteiger partial charge in [-0.1, -0.05) is 24.6 Å². The number of hydrogen-bond acceptors (Lipinski definition) is 5. The smallest absolute Gasteiger partial charge is 0.332 e. The monoisotopic (exact) mass is 538 g/mol. The van der Waals surface area contributed by atoms with Gasteiger partial charge in [-0.15, -0.1) is 0 Å². The number of nitrogens with zero attached hydrogens (tertiary/aromatic N) is 4. The highest BCUT2D eigenvalue weighted by molar-refractivity contribution is 6.32. The molecule has 38 heavy (non-hydrogen) atoms. The van der Waals surface area contributed by atoms with Crippen molar-refractivity contribution in [3.8, 4) is 33.7 Å². The number of pyridine rings is 1. The fourth-order valence-electron chi connectivity index (χ4n) is 4.52. The summed E-state index contributed by atoms with van der Waals surface area (Å²) in [6.07, 6.45) is 5.76. The third-order valence-electron chi connectivity index (χ3n) is 6.67. The van der Waals surface area contributed by atoms with E-state index in [2.05, 4.69) is 9.88 Å². The maximum absolute atomic E-state index is 14.9. The van der Waals surface area contributed by atoms with E-state index in [0.29, 0.717) is 48.3 Å². The molecule has 7 nitrogen and oxygen atoms in total. The van der Waals surface area contributed by atoms with Crippen LogP contribution in [-0.2, 0) is 13.5 Å².